The van der Waals surface area contributed by atoms with Crippen LogP contribution in [0.3, 0.4) is 0 Å². The monoisotopic (exact) mass is 416 g/mol. The fourth-order valence-electron chi connectivity index (χ4n) is 3.90. The zero-order valence-corrected chi connectivity index (χ0v) is 17.4. The molecule has 27 heavy (non-hydrogen) atoms. The quantitative estimate of drug-likeness (QED) is 0.793. The van der Waals surface area contributed by atoms with Crippen LogP contribution in [-0.4, -0.2) is 63.0 Å². The highest BCUT2D eigenvalue weighted by Gasteiger charge is 2.50. The maximum atomic E-state index is 13.1. The van der Waals surface area contributed by atoms with Crippen molar-refractivity contribution in [2.24, 2.45) is 5.92 Å². The molecule has 1 aromatic rings. The summed E-state index contributed by atoms with van der Waals surface area (Å²) in [6.07, 6.45) is 3.62. The van der Waals surface area contributed by atoms with Gasteiger partial charge in [-0.15, -0.1) is 12.4 Å². The number of halogens is 1. The van der Waals surface area contributed by atoms with Crippen LogP contribution in [0, 0.1) is 5.92 Å². The third kappa shape index (κ3) is 4.95. The van der Waals surface area contributed by atoms with E-state index in [1.54, 1.807) is 4.90 Å². The highest BCUT2D eigenvalue weighted by molar-refractivity contribution is 7.92. The van der Waals surface area contributed by atoms with E-state index in [4.69, 9.17) is 4.74 Å². The molecule has 8 heteroatoms. The topological polar surface area (TPSA) is 75.7 Å². The Morgan fingerprint density at radius 1 is 1.19 bits per heavy atom. The van der Waals surface area contributed by atoms with Gasteiger partial charge in [-0.3, -0.25) is 4.79 Å². The molecule has 2 aliphatic heterocycles. The molecule has 1 N–H and O–H groups in total. The van der Waals surface area contributed by atoms with Gasteiger partial charge >= 0.3 is 0 Å². The van der Waals surface area contributed by atoms with Gasteiger partial charge in [0.1, 0.15) is 5.75 Å². The van der Waals surface area contributed by atoms with Gasteiger partial charge in [0.2, 0.25) is 5.91 Å². The summed E-state index contributed by atoms with van der Waals surface area (Å²) in [6.45, 7) is 2.98. The molecule has 0 spiro atoms. The molecule has 0 bridgehead atoms. The highest BCUT2D eigenvalue weighted by atomic mass is 35.5. The second-order valence-electron chi connectivity index (χ2n) is 7.38. The number of para-hydroxylation sites is 1. The van der Waals surface area contributed by atoms with Gasteiger partial charge in [0.15, 0.2) is 14.6 Å². The number of piperidine rings is 2. The van der Waals surface area contributed by atoms with Crippen LogP contribution in [-0.2, 0) is 14.6 Å². The van der Waals surface area contributed by atoms with Crippen molar-refractivity contribution in [3.05, 3.63) is 30.3 Å². The summed E-state index contributed by atoms with van der Waals surface area (Å²) in [5.74, 6) is 1.04. The second-order valence-corrected chi connectivity index (χ2v) is 9.70. The predicted molar refractivity (Wildman–Crippen MR) is 108 cm³/mol. The van der Waals surface area contributed by atoms with E-state index in [9.17, 15) is 13.2 Å². The van der Waals surface area contributed by atoms with Gasteiger partial charge < -0.3 is 15.0 Å². The van der Waals surface area contributed by atoms with Gasteiger partial charge in [-0.2, -0.15) is 0 Å². The van der Waals surface area contributed by atoms with Gasteiger partial charge in [0, 0.05) is 19.3 Å². The lowest BCUT2D eigenvalue weighted by Gasteiger charge is -2.41. The Labute approximate surface area is 168 Å². The van der Waals surface area contributed by atoms with Crippen LogP contribution in [0.5, 0.6) is 5.75 Å². The number of nitrogens with one attached hydrogen (secondary N) is 1. The zero-order valence-electron chi connectivity index (χ0n) is 15.7. The van der Waals surface area contributed by atoms with E-state index >= 15 is 0 Å². The fourth-order valence-corrected chi connectivity index (χ4v) is 5.29. The highest BCUT2D eigenvalue weighted by Crippen LogP contribution is 2.32. The first kappa shape index (κ1) is 22.0. The number of carbonyl (C=O) groups excluding carboxylic acids is 1. The third-order valence-electron chi connectivity index (χ3n) is 5.64. The minimum absolute atomic E-state index is 0. The molecule has 152 valence electrons. The number of hydrogen-bond donors (Lipinski definition) is 1. The lowest BCUT2D eigenvalue weighted by Crippen LogP contribution is -2.59. The maximum absolute atomic E-state index is 13.1. The average Bonchev–Trinajstić information content (AvgIpc) is 2.67. The summed E-state index contributed by atoms with van der Waals surface area (Å²) in [5.41, 5.74) is 0. The van der Waals surface area contributed by atoms with Crippen molar-refractivity contribution in [1.29, 1.82) is 0 Å². The maximum Gasteiger partial charge on any atom is 0.244 e. The second kappa shape index (κ2) is 9.26. The minimum Gasteiger partial charge on any atom is -0.493 e. The van der Waals surface area contributed by atoms with Gasteiger partial charge in [-0.1, -0.05) is 18.2 Å². The van der Waals surface area contributed by atoms with Crippen molar-refractivity contribution in [2.75, 3.05) is 39.0 Å². The number of nitrogens with zero attached hydrogens (tertiary/aromatic N) is 1. The third-order valence-corrected chi connectivity index (χ3v) is 7.64. The van der Waals surface area contributed by atoms with Crippen molar-refractivity contribution < 1.29 is 17.9 Å². The lowest BCUT2D eigenvalue weighted by atomic mass is 9.92. The molecular formula is C19H29ClN2O4S. The van der Waals surface area contributed by atoms with Crippen molar-refractivity contribution >= 4 is 28.2 Å². The Balaban J connectivity index is 0.00000261. The van der Waals surface area contributed by atoms with Crippen molar-refractivity contribution in [3.63, 3.8) is 0 Å². The Bertz CT molecular complexity index is 712. The first-order valence-corrected chi connectivity index (χ1v) is 11.2. The summed E-state index contributed by atoms with van der Waals surface area (Å²) in [4.78, 5) is 14.9. The van der Waals surface area contributed by atoms with Crippen molar-refractivity contribution in [2.45, 2.75) is 30.4 Å². The van der Waals surface area contributed by atoms with Crippen LogP contribution >= 0.6 is 12.4 Å². The van der Waals surface area contributed by atoms with Gasteiger partial charge in [-0.25, -0.2) is 8.42 Å². The number of hydrogen-bond acceptors (Lipinski definition) is 5. The van der Waals surface area contributed by atoms with Crippen LogP contribution in [0.15, 0.2) is 30.3 Å². The van der Waals surface area contributed by atoms with E-state index in [0.717, 1.165) is 18.6 Å². The van der Waals surface area contributed by atoms with Gasteiger partial charge in [0.25, 0.3) is 0 Å². The average molecular weight is 417 g/mol. The number of rotatable bonds is 5. The van der Waals surface area contributed by atoms with Gasteiger partial charge in [0.05, 0.1) is 6.61 Å². The molecule has 0 aliphatic carbocycles. The van der Waals surface area contributed by atoms with Crippen molar-refractivity contribution in [1.82, 2.24) is 10.2 Å². The molecule has 2 aliphatic rings. The number of benzene rings is 1. The van der Waals surface area contributed by atoms with Crippen LogP contribution in [0.4, 0.5) is 0 Å². The SMILES string of the molecule is CS(=O)(=O)C1(C(=O)N2CCC(COc3ccccc3)CC2)CCNCC1.Cl. The van der Waals surface area contributed by atoms with Crippen molar-refractivity contribution in [3.8, 4) is 5.75 Å². The molecule has 0 aromatic heterocycles. The van der Waals surface area contributed by atoms with E-state index < -0.39 is 14.6 Å². The summed E-state index contributed by atoms with van der Waals surface area (Å²) >= 11 is 0. The van der Waals surface area contributed by atoms with E-state index in [0.29, 0.717) is 51.5 Å². The number of likely N-dealkylation sites (tertiary alicyclic amines) is 1. The van der Waals surface area contributed by atoms with E-state index in [1.165, 1.54) is 6.26 Å². The first-order valence-electron chi connectivity index (χ1n) is 9.30. The number of sulfone groups is 1. The first-order chi connectivity index (χ1) is 12.4. The molecule has 2 saturated heterocycles. The number of ether oxygens (including phenoxy) is 1. The van der Waals surface area contributed by atoms with Crippen LogP contribution in [0.1, 0.15) is 25.7 Å². The van der Waals surface area contributed by atoms with Crippen LogP contribution in [0.2, 0.25) is 0 Å². The molecule has 0 radical (unpaired) electrons. The van der Waals surface area contributed by atoms with Crippen LogP contribution < -0.4 is 10.1 Å². The normalized spacial score (nSPS) is 20.6. The van der Waals surface area contributed by atoms with Gasteiger partial charge in [-0.05, 0) is 56.8 Å². The molecule has 6 nitrogen and oxygen atoms in total. The Kier molecular flexibility index (Phi) is 7.54. The molecule has 0 saturated carbocycles. The fraction of sp³-hybridized carbons (Fsp3) is 0.632. The molecule has 2 heterocycles. The number of amides is 1. The Hall–Kier alpha value is -1.31. The molecule has 0 atom stereocenters. The summed E-state index contributed by atoms with van der Waals surface area (Å²) < 4.78 is 29.4. The van der Waals surface area contributed by atoms with Crippen LogP contribution in [0.25, 0.3) is 0 Å². The number of carbonyl (C=O) groups is 1. The molecule has 1 amide bonds. The molecule has 1 aromatic carbocycles. The standard InChI is InChI=1S/C19H28N2O4S.ClH/c1-26(23,24)19(9-11-20-12-10-19)18(22)21-13-7-16(8-14-21)15-25-17-5-3-2-4-6-17;/h2-6,16,20H,7-15H2,1H3;1H. The minimum atomic E-state index is -3.45. The predicted octanol–water partition coefficient (Wildman–Crippen LogP) is 1.89. The zero-order chi connectivity index (χ0) is 18.6. The smallest absolute Gasteiger partial charge is 0.244 e. The van der Waals surface area contributed by atoms with E-state index in [-0.39, 0.29) is 18.3 Å². The lowest BCUT2D eigenvalue weighted by molar-refractivity contribution is -0.136. The van der Waals surface area contributed by atoms with E-state index in [2.05, 4.69) is 5.32 Å². The van der Waals surface area contributed by atoms with E-state index in [1.807, 2.05) is 30.3 Å². The summed E-state index contributed by atoms with van der Waals surface area (Å²) in [7, 11) is -3.45. The molecule has 3 rings (SSSR count). The summed E-state index contributed by atoms with van der Waals surface area (Å²) in [6, 6.07) is 9.72. The molecule has 2 fully saturated rings. The Morgan fingerprint density at radius 3 is 2.33 bits per heavy atom. The molecule has 0 unspecified atom stereocenters. The largest absolute Gasteiger partial charge is 0.493 e. The summed E-state index contributed by atoms with van der Waals surface area (Å²) in [5, 5.41) is 3.16. The Morgan fingerprint density at radius 2 is 1.78 bits per heavy atom. The molecular weight excluding hydrogens is 388 g/mol.